The van der Waals surface area contributed by atoms with Gasteiger partial charge in [-0.3, -0.25) is 0 Å². The lowest BCUT2D eigenvalue weighted by atomic mass is 10.3. The molecule has 0 saturated heterocycles. The molecule has 0 fully saturated rings. The fraction of sp³-hybridized carbons (Fsp3) is 0.500. The lowest BCUT2D eigenvalue weighted by Crippen LogP contribution is -2.11. The van der Waals surface area contributed by atoms with E-state index >= 15 is 0 Å². The average molecular weight is 260 g/mol. The summed E-state index contributed by atoms with van der Waals surface area (Å²) in [6, 6.07) is 5.56. The van der Waals surface area contributed by atoms with Crippen LogP contribution < -0.4 is 10.1 Å². The molecule has 1 rings (SSSR count). The number of anilines is 1. The van der Waals surface area contributed by atoms with E-state index in [4.69, 9.17) is 25.8 Å². The van der Waals surface area contributed by atoms with E-state index in [-0.39, 0.29) is 0 Å². The minimum Gasteiger partial charge on any atom is -0.495 e. The first-order valence-corrected chi connectivity index (χ1v) is 5.80. The van der Waals surface area contributed by atoms with Gasteiger partial charge in [-0.1, -0.05) is 11.6 Å². The van der Waals surface area contributed by atoms with Crippen molar-refractivity contribution in [3.63, 3.8) is 0 Å². The van der Waals surface area contributed by atoms with Crippen molar-refractivity contribution in [1.29, 1.82) is 0 Å². The van der Waals surface area contributed by atoms with E-state index in [9.17, 15) is 0 Å². The predicted molar refractivity (Wildman–Crippen MR) is 69.2 cm³/mol. The van der Waals surface area contributed by atoms with Crippen LogP contribution in [0.4, 0.5) is 5.69 Å². The van der Waals surface area contributed by atoms with Gasteiger partial charge in [0.05, 0.1) is 32.0 Å². The second-order valence-electron chi connectivity index (χ2n) is 3.38. The summed E-state index contributed by atoms with van der Waals surface area (Å²) >= 11 is 5.92. The molecule has 0 aromatic heterocycles. The summed E-state index contributed by atoms with van der Waals surface area (Å²) in [5.41, 5.74) is 0.960. The number of benzene rings is 1. The minimum atomic E-state index is 0.606. The molecule has 0 atom stereocenters. The Hall–Kier alpha value is -0.970. The summed E-state index contributed by atoms with van der Waals surface area (Å²) in [5, 5.41) is 3.82. The third-order valence-corrected chi connectivity index (χ3v) is 2.47. The van der Waals surface area contributed by atoms with Gasteiger partial charge in [0.2, 0.25) is 0 Å². The lowest BCUT2D eigenvalue weighted by molar-refractivity contribution is 0.0759. The van der Waals surface area contributed by atoms with Crippen LogP contribution in [0.25, 0.3) is 0 Å². The van der Waals surface area contributed by atoms with E-state index in [0.29, 0.717) is 30.6 Å². The largest absolute Gasteiger partial charge is 0.495 e. The summed E-state index contributed by atoms with van der Waals surface area (Å²) < 4.78 is 15.3. The molecule has 0 saturated carbocycles. The normalized spacial score (nSPS) is 10.3. The zero-order valence-corrected chi connectivity index (χ0v) is 10.9. The number of rotatable bonds is 8. The van der Waals surface area contributed by atoms with Gasteiger partial charge in [0.15, 0.2) is 0 Å². The second kappa shape index (κ2) is 8.17. The Morgan fingerprint density at radius 1 is 1.18 bits per heavy atom. The van der Waals surface area contributed by atoms with Gasteiger partial charge < -0.3 is 19.5 Å². The molecule has 96 valence electrons. The smallest absolute Gasteiger partial charge is 0.139 e. The maximum atomic E-state index is 5.92. The van der Waals surface area contributed by atoms with Crippen LogP contribution in [-0.4, -0.2) is 40.6 Å². The van der Waals surface area contributed by atoms with Gasteiger partial charge in [-0.05, 0) is 12.1 Å². The molecule has 0 aliphatic heterocycles. The van der Waals surface area contributed by atoms with Crippen LogP contribution in [0.15, 0.2) is 18.2 Å². The molecule has 0 aliphatic carbocycles. The molecule has 17 heavy (non-hydrogen) atoms. The lowest BCUT2D eigenvalue weighted by Gasteiger charge is -2.09. The van der Waals surface area contributed by atoms with Gasteiger partial charge in [-0.25, -0.2) is 0 Å². The summed E-state index contributed by atoms with van der Waals surface area (Å²) in [6.45, 7) is 2.60. The Labute approximate surface area is 107 Å². The number of halogens is 1. The van der Waals surface area contributed by atoms with Crippen molar-refractivity contribution in [3.05, 3.63) is 23.2 Å². The Morgan fingerprint density at radius 2 is 2.00 bits per heavy atom. The molecule has 0 unspecified atom stereocenters. The standard InChI is InChI=1S/C12H18ClNO3/c1-15-7-8-17-6-5-14-10-3-4-11(13)12(9-10)16-2/h3-4,9,14H,5-8H2,1-2H3. The van der Waals surface area contributed by atoms with E-state index in [1.54, 1.807) is 20.3 Å². The van der Waals surface area contributed by atoms with Crippen molar-refractivity contribution in [2.75, 3.05) is 45.9 Å². The summed E-state index contributed by atoms with van der Waals surface area (Å²) in [7, 11) is 3.25. The molecule has 0 radical (unpaired) electrons. The van der Waals surface area contributed by atoms with Gasteiger partial charge in [0, 0.05) is 25.4 Å². The van der Waals surface area contributed by atoms with Crippen molar-refractivity contribution in [1.82, 2.24) is 0 Å². The zero-order chi connectivity index (χ0) is 12.5. The molecule has 1 N–H and O–H groups in total. The molecule has 1 aromatic carbocycles. The number of ether oxygens (including phenoxy) is 3. The first kappa shape index (κ1) is 14.1. The van der Waals surface area contributed by atoms with Crippen LogP contribution in [-0.2, 0) is 9.47 Å². The molecule has 0 bridgehead atoms. The molecule has 0 aliphatic rings. The van der Waals surface area contributed by atoms with Crippen LogP contribution >= 0.6 is 11.6 Å². The monoisotopic (exact) mass is 259 g/mol. The van der Waals surface area contributed by atoms with Gasteiger partial charge in [0.25, 0.3) is 0 Å². The quantitative estimate of drug-likeness (QED) is 0.728. The Kier molecular flexibility index (Phi) is 6.77. The van der Waals surface area contributed by atoms with Crippen molar-refractivity contribution < 1.29 is 14.2 Å². The minimum absolute atomic E-state index is 0.606. The SMILES string of the molecule is COCCOCCNc1ccc(Cl)c(OC)c1. The fourth-order valence-corrected chi connectivity index (χ4v) is 1.48. The third-order valence-electron chi connectivity index (χ3n) is 2.16. The van der Waals surface area contributed by atoms with E-state index in [1.165, 1.54) is 0 Å². The van der Waals surface area contributed by atoms with Gasteiger partial charge in [-0.15, -0.1) is 0 Å². The first-order valence-electron chi connectivity index (χ1n) is 5.42. The first-order chi connectivity index (χ1) is 8.27. The molecule has 0 heterocycles. The highest BCUT2D eigenvalue weighted by molar-refractivity contribution is 6.32. The molecule has 5 heteroatoms. The highest BCUT2D eigenvalue weighted by atomic mass is 35.5. The van der Waals surface area contributed by atoms with Crippen molar-refractivity contribution in [3.8, 4) is 5.75 Å². The summed E-state index contributed by atoms with van der Waals surface area (Å²) in [5.74, 6) is 0.664. The molecular formula is C12H18ClNO3. The topological polar surface area (TPSA) is 39.7 Å². The summed E-state index contributed by atoms with van der Waals surface area (Å²) in [6.07, 6.45) is 0. The van der Waals surface area contributed by atoms with Crippen molar-refractivity contribution in [2.45, 2.75) is 0 Å². The highest BCUT2D eigenvalue weighted by Crippen LogP contribution is 2.27. The number of nitrogens with one attached hydrogen (secondary N) is 1. The summed E-state index contributed by atoms with van der Waals surface area (Å²) in [4.78, 5) is 0. The number of hydrogen-bond donors (Lipinski definition) is 1. The van der Waals surface area contributed by atoms with Crippen molar-refractivity contribution >= 4 is 17.3 Å². The molecular weight excluding hydrogens is 242 g/mol. The average Bonchev–Trinajstić information content (AvgIpc) is 2.35. The Morgan fingerprint density at radius 3 is 2.71 bits per heavy atom. The Balaban J connectivity index is 2.27. The van der Waals surface area contributed by atoms with Crippen molar-refractivity contribution in [2.24, 2.45) is 0 Å². The van der Waals surface area contributed by atoms with E-state index in [0.717, 1.165) is 12.2 Å². The van der Waals surface area contributed by atoms with E-state index in [2.05, 4.69) is 5.32 Å². The van der Waals surface area contributed by atoms with E-state index < -0.39 is 0 Å². The fourth-order valence-electron chi connectivity index (χ4n) is 1.28. The van der Waals surface area contributed by atoms with Gasteiger partial charge >= 0.3 is 0 Å². The maximum Gasteiger partial charge on any atom is 0.139 e. The molecule has 0 amide bonds. The zero-order valence-electron chi connectivity index (χ0n) is 10.2. The predicted octanol–water partition coefficient (Wildman–Crippen LogP) is 2.42. The molecule has 0 spiro atoms. The number of methoxy groups -OCH3 is 2. The van der Waals surface area contributed by atoms with Crippen LogP contribution in [0.3, 0.4) is 0 Å². The van der Waals surface area contributed by atoms with Gasteiger partial charge in [-0.2, -0.15) is 0 Å². The molecule has 1 aromatic rings. The Bertz CT molecular complexity index is 334. The van der Waals surface area contributed by atoms with Crippen LogP contribution in [0.2, 0.25) is 5.02 Å². The third kappa shape index (κ3) is 5.26. The van der Waals surface area contributed by atoms with E-state index in [1.807, 2.05) is 12.1 Å². The van der Waals surface area contributed by atoms with Crippen LogP contribution in [0.1, 0.15) is 0 Å². The van der Waals surface area contributed by atoms with Crippen LogP contribution in [0, 0.1) is 0 Å². The highest BCUT2D eigenvalue weighted by Gasteiger charge is 2.01. The second-order valence-corrected chi connectivity index (χ2v) is 3.79. The maximum absolute atomic E-state index is 5.92. The molecule has 4 nitrogen and oxygen atoms in total. The van der Waals surface area contributed by atoms with Gasteiger partial charge in [0.1, 0.15) is 5.75 Å². The number of hydrogen-bond acceptors (Lipinski definition) is 4. The van der Waals surface area contributed by atoms with Crippen LogP contribution in [0.5, 0.6) is 5.75 Å².